The van der Waals surface area contributed by atoms with E-state index in [0.29, 0.717) is 19.6 Å². The molecule has 33 heavy (non-hydrogen) atoms. The van der Waals surface area contributed by atoms with Crippen LogP contribution < -0.4 is 10.6 Å². The zero-order valence-corrected chi connectivity index (χ0v) is 21.8. The van der Waals surface area contributed by atoms with Crippen LogP contribution in [0.4, 0.5) is 13.2 Å². The molecule has 1 aliphatic rings. The first-order valence-corrected chi connectivity index (χ1v) is 12.0. The lowest BCUT2D eigenvalue weighted by molar-refractivity contribution is -0.138. The van der Waals surface area contributed by atoms with E-state index < -0.39 is 47.6 Å². The molecule has 0 radical (unpaired) electrons. The van der Waals surface area contributed by atoms with Crippen molar-refractivity contribution in [3.63, 3.8) is 0 Å². The van der Waals surface area contributed by atoms with Crippen LogP contribution in [0.15, 0.2) is 21.1 Å². The maximum Gasteiger partial charge on any atom is 0.480 e. The molecule has 1 atom stereocenters. The molecular formula is C20H27BBr2F3N3O4. The minimum atomic E-state index is -4.65. The monoisotopic (exact) mass is 599 g/mol. The maximum absolute atomic E-state index is 13.2. The Hall–Kier alpha value is -1.15. The highest BCUT2D eigenvalue weighted by Crippen LogP contribution is 2.38. The molecular weight excluding hydrogens is 574 g/mol. The Morgan fingerprint density at radius 1 is 1.18 bits per heavy atom. The predicted molar refractivity (Wildman–Crippen MR) is 126 cm³/mol. The van der Waals surface area contributed by atoms with Crippen molar-refractivity contribution in [1.29, 1.82) is 0 Å². The fourth-order valence-corrected chi connectivity index (χ4v) is 4.35. The Morgan fingerprint density at radius 3 is 2.33 bits per heavy atom. The first kappa shape index (κ1) is 28.1. The summed E-state index contributed by atoms with van der Waals surface area (Å²) in [7, 11) is 1.33. The zero-order valence-electron chi connectivity index (χ0n) is 18.6. The van der Waals surface area contributed by atoms with Gasteiger partial charge in [-0.1, -0.05) is 29.8 Å². The Labute approximate surface area is 208 Å². The third-order valence-corrected chi connectivity index (χ3v) is 6.22. The van der Waals surface area contributed by atoms with Crippen molar-refractivity contribution >= 4 is 50.8 Å². The molecule has 1 aromatic rings. The number of benzene rings is 1. The van der Waals surface area contributed by atoms with Crippen molar-refractivity contribution < 1.29 is 32.1 Å². The lowest BCUT2D eigenvalue weighted by Gasteiger charge is -2.29. The number of hydrogen-bond acceptors (Lipinski definition) is 5. The van der Waals surface area contributed by atoms with E-state index in [1.807, 2.05) is 20.9 Å². The minimum Gasteiger partial charge on any atom is -0.408 e. The summed E-state index contributed by atoms with van der Waals surface area (Å²) in [4.78, 5) is 27.1. The van der Waals surface area contributed by atoms with Gasteiger partial charge in [0.25, 0.3) is 5.91 Å². The van der Waals surface area contributed by atoms with Gasteiger partial charge in [-0.3, -0.25) is 9.59 Å². The summed E-state index contributed by atoms with van der Waals surface area (Å²) in [5.74, 6) is -1.51. The summed E-state index contributed by atoms with van der Waals surface area (Å²) in [5, 5.41) is 5.21. The normalized spacial score (nSPS) is 16.8. The van der Waals surface area contributed by atoms with Crippen molar-refractivity contribution in [2.45, 2.75) is 32.4 Å². The molecule has 2 amide bonds. The van der Waals surface area contributed by atoms with Gasteiger partial charge in [-0.25, -0.2) is 0 Å². The number of nitrogens with one attached hydrogen (secondary N) is 2. The average Bonchev–Trinajstić information content (AvgIpc) is 2.68. The number of alkyl halides is 3. The SMILES string of the molecule is CC(C)C[C@H](NC(=O)CNC(=O)c1cc(Br)cc(C(F)(F)F)c1Br)B1OCCN(C)CCO1. The van der Waals surface area contributed by atoms with Gasteiger partial charge in [0.05, 0.1) is 23.6 Å². The topological polar surface area (TPSA) is 79.9 Å². The quantitative estimate of drug-likeness (QED) is 0.469. The van der Waals surface area contributed by atoms with Gasteiger partial charge in [0.2, 0.25) is 5.91 Å². The number of hydrogen-bond donors (Lipinski definition) is 2. The van der Waals surface area contributed by atoms with E-state index in [1.165, 1.54) is 6.07 Å². The summed E-state index contributed by atoms with van der Waals surface area (Å²) in [6, 6.07) is 2.12. The van der Waals surface area contributed by atoms with E-state index in [1.54, 1.807) is 0 Å². The van der Waals surface area contributed by atoms with E-state index >= 15 is 0 Å². The van der Waals surface area contributed by atoms with Gasteiger partial charge in [0.15, 0.2) is 0 Å². The van der Waals surface area contributed by atoms with Crippen LogP contribution in [0.1, 0.15) is 36.2 Å². The maximum atomic E-state index is 13.2. The molecule has 1 aliphatic heterocycles. The summed E-state index contributed by atoms with van der Waals surface area (Å²) in [6.07, 6.45) is -4.06. The van der Waals surface area contributed by atoms with Gasteiger partial charge < -0.3 is 24.8 Å². The molecule has 0 unspecified atom stereocenters. The van der Waals surface area contributed by atoms with Crippen molar-refractivity contribution in [3.05, 3.63) is 32.2 Å². The summed E-state index contributed by atoms with van der Waals surface area (Å²) in [6.45, 7) is 5.95. The smallest absolute Gasteiger partial charge is 0.408 e. The van der Waals surface area contributed by atoms with Crippen LogP contribution in [0, 0.1) is 5.92 Å². The van der Waals surface area contributed by atoms with E-state index in [2.05, 4.69) is 47.4 Å². The first-order chi connectivity index (χ1) is 15.4. The predicted octanol–water partition coefficient (Wildman–Crippen LogP) is 3.50. The van der Waals surface area contributed by atoms with E-state index in [0.717, 1.165) is 19.2 Å². The van der Waals surface area contributed by atoms with E-state index in [-0.39, 0.29) is 16.0 Å². The van der Waals surface area contributed by atoms with Crippen LogP contribution in [-0.4, -0.2) is 69.7 Å². The Morgan fingerprint density at radius 2 is 1.79 bits per heavy atom. The highest BCUT2D eigenvalue weighted by Gasteiger charge is 2.36. The van der Waals surface area contributed by atoms with Crippen LogP contribution >= 0.6 is 31.9 Å². The Bertz CT molecular complexity index is 836. The molecule has 2 N–H and O–H groups in total. The lowest BCUT2D eigenvalue weighted by Crippen LogP contribution is -2.54. The summed E-state index contributed by atoms with van der Waals surface area (Å²) in [5.41, 5.74) is -1.23. The molecule has 13 heteroatoms. The molecule has 0 spiro atoms. The number of carbonyl (C=O) groups is 2. The number of carbonyl (C=O) groups excluding carboxylic acids is 2. The third kappa shape index (κ3) is 8.86. The summed E-state index contributed by atoms with van der Waals surface area (Å²) < 4.78 is 50.9. The highest BCUT2D eigenvalue weighted by atomic mass is 79.9. The molecule has 0 aromatic heterocycles. The van der Waals surface area contributed by atoms with Gasteiger partial charge in [0.1, 0.15) is 0 Å². The molecule has 2 rings (SSSR count). The standard InChI is InChI=1S/C20H27BBr2F3N3O4/c1-12(2)8-16(21-32-6-4-29(3)5-7-33-21)28-17(30)11-27-19(31)14-9-13(22)10-15(18(14)23)20(24,25)26/h9-10,12,16H,4-8,11H2,1-3H3,(H,27,31)(H,28,30)/t16-/m0/s1. The molecule has 1 fully saturated rings. The van der Waals surface area contributed by atoms with Crippen molar-refractivity contribution in [3.8, 4) is 0 Å². The Balaban J connectivity index is 2.03. The molecule has 0 saturated carbocycles. The third-order valence-electron chi connectivity index (χ3n) is 4.91. The van der Waals surface area contributed by atoms with Crippen LogP contribution in [0.2, 0.25) is 0 Å². The van der Waals surface area contributed by atoms with E-state index in [4.69, 9.17) is 9.31 Å². The van der Waals surface area contributed by atoms with Crippen LogP contribution in [0.25, 0.3) is 0 Å². The molecule has 1 aromatic carbocycles. The fourth-order valence-electron chi connectivity index (χ4n) is 3.26. The van der Waals surface area contributed by atoms with Crippen molar-refractivity contribution in [2.24, 2.45) is 5.92 Å². The van der Waals surface area contributed by atoms with Gasteiger partial charge in [-0.2, -0.15) is 13.2 Å². The number of nitrogens with zero attached hydrogens (tertiary/aromatic N) is 1. The van der Waals surface area contributed by atoms with Crippen molar-refractivity contribution in [2.75, 3.05) is 39.9 Å². The van der Waals surface area contributed by atoms with Crippen molar-refractivity contribution in [1.82, 2.24) is 15.5 Å². The average molecular weight is 601 g/mol. The highest BCUT2D eigenvalue weighted by molar-refractivity contribution is 9.11. The molecule has 0 bridgehead atoms. The summed E-state index contributed by atoms with van der Waals surface area (Å²) >= 11 is 5.85. The second-order valence-electron chi connectivity index (χ2n) is 8.21. The molecule has 0 aliphatic carbocycles. The number of rotatable bonds is 7. The van der Waals surface area contributed by atoms with Crippen LogP contribution in [0.3, 0.4) is 0 Å². The minimum absolute atomic E-state index is 0.0915. The molecule has 1 saturated heterocycles. The van der Waals surface area contributed by atoms with Crippen LogP contribution in [-0.2, 0) is 20.3 Å². The fraction of sp³-hybridized carbons (Fsp3) is 0.600. The lowest BCUT2D eigenvalue weighted by atomic mass is 9.73. The molecule has 7 nitrogen and oxygen atoms in total. The van der Waals surface area contributed by atoms with Gasteiger partial charge in [0, 0.05) is 35.2 Å². The van der Waals surface area contributed by atoms with Crippen LogP contribution in [0.5, 0.6) is 0 Å². The molecule has 184 valence electrons. The second kappa shape index (κ2) is 12.5. The molecule has 1 heterocycles. The van der Waals surface area contributed by atoms with E-state index in [9.17, 15) is 22.8 Å². The number of likely N-dealkylation sites (N-methyl/N-ethyl adjacent to an activating group) is 1. The first-order valence-electron chi connectivity index (χ1n) is 10.4. The largest absolute Gasteiger partial charge is 0.480 e. The number of halogens is 5. The second-order valence-corrected chi connectivity index (χ2v) is 9.92. The van der Waals surface area contributed by atoms with Gasteiger partial charge in [-0.05, 0) is 47.4 Å². The van der Waals surface area contributed by atoms with Gasteiger partial charge >= 0.3 is 13.3 Å². The zero-order chi connectivity index (χ0) is 24.8. The number of amides is 2. The Kier molecular flexibility index (Phi) is 10.7. The van der Waals surface area contributed by atoms with Gasteiger partial charge in [-0.15, -0.1) is 0 Å².